The van der Waals surface area contributed by atoms with E-state index in [9.17, 15) is 9.90 Å². The van der Waals surface area contributed by atoms with Gasteiger partial charge in [0.1, 0.15) is 5.75 Å². The minimum Gasteiger partial charge on any atom is -0.497 e. The minimum atomic E-state index is -1.98. The molecular formula is C34H44N4O5Si. The molecule has 1 fully saturated rings. The second kappa shape index (κ2) is 13.9. The zero-order valence-corrected chi connectivity index (χ0v) is 27.3. The van der Waals surface area contributed by atoms with Crippen molar-refractivity contribution in [2.75, 3.05) is 20.8 Å². The lowest BCUT2D eigenvalue weighted by atomic mass is 9.95. The fraction of sp³-hybridized carbons (Fsp3) is 0.441. The number of aryl methyl sites for hydroxylation is 2. The van der Waals surface area contributed by atoms with E-state index in [1.807, 2.05) is 29.1 Å². The quantitative estimate of drug-likeness (QED) is 0.222. The van der Waals surface area contributed by atoms with Gasteiger partial charge in [-0.25, -0.2) is 0 Å². The fourth-order valence-electron chi connectivity index (χ4n) is 6.86. The maximum atomic E-state index is 12.8. The van der Waals surface area contributed by atoms with Crippen molar-refractivity contribution in [1.29, 1.82) is 0 Å². The van der Waals surface area contributed by atoms with Gasteiger partial charge in [0.2, 0.25) is 0 Å². The third-order valence-corrected chi connectivity index (χ3v) is 13.6. The van der Waals surface area contributed by atoms with Crippen molar-refractivity contribution in [1.82, 2.24) is 19.6 Å². The first-order valence-electron chi connectivity index (χ1n) is 15.4. The van der Waals surface area contributed by atoms with Crippen LogP contribution in [0.5, 0.6) is 11.5 Å². The molecule has 4 atom stereocenters. The van der Waals surface area contributed by atoms with Gasteiger partial charge in [0.15, 0.2) is 5.75 Å². The van der Waals surface area contributed by atoms with Crippen LogP contribution in [-0.2, 0) is 24.1 Å². The molecule has 1 aliphatic rings. The summed E-state index contributed by atoms with van der Waals surface area (Å²) in [5, 5.41) is 19.2. The van der Waals surface area contributed by atoms with Gasteiger partial charge in [0, 0.05) is 37.7 Å². The molecule has 234 valence electrons. The number of aromatic nitrogens is 4. The molecule has 0 radical (unpaired) electrons. The van der Waals surface area contributed by atoms with Gasteiger partial charge in [-0.1, -0.05) is 54.7 Å². The van der Waals surface area contributed by atoms with E-state index >= 15 is 0 Å². The normalized spacial score (nSPS) is 20.1. The molecule has 2 aromatic carbocycles. The summed E-state index contributed by atoms with van der Waals surface area (Å²) in [6, 6.07) is 20.2. The van der Waals surface area contributed by atoms with E-state index < -0.39 is 8.07 Å². The average Bonchev–Trinajstić information content (AvgIpc) is 3.62. The molecule has 1 N–H and O–H groups in total. The van der Waals surface area contributed by atoms with Crippen LogP contribution >= 0.6 is 0 Å². The van der Waals surface area contributed by atoms with Gasteiger partial charge in [-0.15, -0.1) is 5.10 Å². The third-order valence-electron chi connectivity index (χ3n) is 9.21. The maximum absolute atomic E-state index is 12.8. The SMILES string of the molecule is COc1ccc([Si](C)(C)[C@H]2[C@H](C)[C@H](CCc3cccc(-n4cccc(OC)c4=O)c3)O[C@@H]2CCn2cc(CCO)nn2)cc1. The summed E-state index contributed by atoms with van der Waals surface area (Å²) in [6.07, 6.45) is 6.98. The van der Waals surface area contributed by atoms with Crippen LogP contribution in [0.2, 0.25) is 18.6 Å². The summed E-state index contributed by atoms with van der Waals surface area (Å²) >= 11 is 0. The predicted octanol–water partition coefficient (Wildman–Crippen LogP) is 4.39. The van der Waals surface area contributed by atoms with Crippen molar-refractivity contribution in [3.8, 4) is 17.2 Å². The van der Waals surface area contributed by atoms with Gasteiger partial charge in [0.05, 0.1) is 40.2 Å². The molecule has 0 bridgehead atoms. The Balaban J connectivity index is 1.35. The Hall–Kier alpha value is -3.73. The maximum Gasteiger partial charge on any atom is 0.297 e. The zero-order valence-electron chi connectivity index (χ0n) is 26.3. The van der Waals surface area contributed by atoms with Crippen molar-refractivity contribution >= 4 is 13.3 Å². The zero-order chi connectivity index (χ0) is 31.3. The molecule has 0 saturated carbocycles. The van der Waals surface area contributed by atoms with Crippen LogP contribution in [0.1, 0.15) is 31.0 Å². The molecule has 0 spiro atoms. The molecular weight excluding hydrogens is 572 g/mol. The van der Waals surface area contributed by atoms with Crippen LogP contribution in [0.3, 0.4) is 0 Å². The summed E-state index contributed by atoms with van der Waals surface area (Å²) in [7, 11) is 1.23. The molecule has 0 unspecified atom stereocenters. The van der Waals surface area contributed by atoms with E-state index in [4.69, 9.17) is 14.2 Å². The number of pyridine rings is 1. The van der Waals surface area contributed by atoms with Crippen LogP contribution in [0.15, 0.2) is 77.9 Å². The third kappa shape index (κ3) is 6.82. The van der Waals surface area contributed by atoms with Crippen molar-refractivity contribution in [3.05, 3.63) is 94.7 Å². The van der Waals surface area contributed by atoms with Crippen molar-refractivity contribution < 1.29 is 19.3 Å². The summed E-state index contributed by atoms with van der Waals surface area (Å²) in [5.74, 6) is 1.56. The summed E-state index contributed by atoms with van der Waals surface area (Å²) in [6.45, 7) is 8.04. The number of ether oxygens (including phenoxy) is 3. The molecule has 10 heteroatoms. The van der Waals surface area contributed by atoms with E-state index in [0.29, 0.717) is 30.2 Å². The highest BCUT2D eigenvalue weighted by Crippen LogP contribution is 2.46. The van der Waals surface area contributed by atoms with Crippen LogP contribution in [0, 0.1) is 5.92 Å². The lowest BCUT2D eigenvalue weighted by molar-refractivity contribution is 0.0250. The van der Waals surface area contributed by atoms with E-state index in [1.165, 1.54) is 17.9 Å². The topological polar surface area (TPSA) is 101 Å². The second-order valence-electron chi connectivity index (χ2n) is 12.2. The van der Waals surface area contributed by atoms with Gasteiger partial charge in [0.25, 0.3) is 5.56 Å². The number of benzene rings is 2. The number of hydrogen-bond acceptors (Lipinski definition) is 7. The highest BCUT2D eigenvalue weighted by Gasteiger charge is 2.50. The average molecular weight is 617 g/mol. The second-order valence-corrected chi connectivity index (χ2v) is 16.9. The van der Waals surface area contributed by atoms with E-state index in [1.54, 1.807) is 23.9 Å². The molecule has 0 aliphatic carbocycles. The summed E-state index contributed by atoms with van der Waals surface area (Å²) < 4.78 is 21.1. The summed E-state index contributed by atoms with van der Waals surface area (Å²) in [4.78, 5) is 12.8. The standard InChI is InChI=1S/C34H44N4O5Si/c1-24-30(16-11-25-8-6-9-27(22-25)38-19-7-10-32(42-3)34(38)40)43-31(17-20-37-23-26(18-21-39)35-36-37)33(24)44(4,5)29-14-12-28(41-2)13-15-29/h6-10,12-15,19,22-24,30-31,33,39H,11,16-18,20-21H2,1-5H3/t24-,30+,31-,33+/m1/s1. The monoisotopic (exact) mass is 616 g/mol. The number of hydrogen-bond donors (Lipinski definition) is 1. The smallest absolute Gasteiger partial charge is 0.297 e. The van der Waals surface area contributed by atoms with E-state index in [-0.39, 0.29) is 24.4 Å². The Morgan fingerprint density at radius 1 is 0.977 bits per heavy atom. The molecule has 1 aliphatic heterocycles. The highest BCUT2D eigenvalue weighted by molar-refractivity contribution is 6.91. The molecule has 44 heavy (non-hydrogen) atoms. The number of rotatable bonds is 13. The van der Waals surface area contributed by atoms with E-state index in [0.717, 1.165) is 36.4 Å². The van der Waals surface area contributed by atoms with Crippen molar-refractivity contribution in [2.45, 2.75) is 70.0 Å². The number of aliphatic hydroxyl groups excluding tert-OH is 1. The predicted molar refractivity (Wildman–Crippen MR) is 174 cm³/mol. The van der Waals surface area contributed by atoms with Gasteiger partial charge in [-0.05, 0) is 72.7 Å². The lowest BCUT2D eigenvalue weighted by Gasteiger charge is -2.36. The van der Waals surface area contributed by atoms with Gasteiger partial charge in [-0.2, -0.15) is 0 Å². The molecule has 0 amide bonds. The van der Waals surface area contributed by atoms with Gasteiger partial charge < -0.3 is 19.3 Å². The van der Waals surface area contributed by atoms with Crippen LogP contribution in [0.25, 0.3) is 5.69 Å². The molecule has 9 nitrogen and oxygen atoms in total. The van der Waals surface area contributed by atoms with Crippen LogP contribution < -0.4 is 20.2 Å². The molecule has 5 rings (SSSR count). The van der Waals surface area contributed by atoms with Crippen LogP contribution in [-0.4, -0.2) is 65.8 Å². The Morgan fingerprint density at radius 2 is 1.77 bits per heavy atom. The first-order chi connectivity index (χ1) is 21.2. The number of methoxy groups -OCH3 is 2. The Morgan fingerprint density at radius 3 is 2.50 bits per heavy atom. The Bertz CT molecular complexity index is 1590. The first-order valence-corrected chi connectivity index (χ1v) is 18.5. The first kappa shape index (κ1) is 31.7. The number of aliphatic hydroxyl groups is 1. The largest absolute Gasteiger partial charge is 0.497 e. The van der Waals surface area contributed by atoms with Gasteiger partial charge >= 0.3 is 0 Å². The van der Waals surface area contributed by atoms with E-state index in [2.05, 4.69) is 66.7 Å². The van der Waals surface area contributed by atoms with Gasteiger partial charge in [-0.3, -0.25) is 14.0 Å². The minimum absolute atomic E-state index is 0.0620. The molecule has 3 heterocycles. The molecule has 2 aromatic heterocycles. The lowest BCUT2D eigenvalue weighted by Crippen LogP contribution is -2.50. The summed E-state index contributed by atoms with van der Waals surface area (Å²) in [5.41, 5.74) is 3.02. The van der Waals surface area contributed by atoms with Crippen LogP contribution in [0.4, 0.5) is 0 Å². The fourth-order valence-corrected chi connectivity index (χ4v) is 11.0. The van der Waals surface area contributed by atoms with Crippen molar-refractivity contribution in [2.24, 2.45) is 5.92 Å². The Labute approximate surface area is 260 Å². The van der Waals surface area contributed by atoms with Crippen molar-refractivity contribution in [3.63, 3.8) is 0 Å². The number of nitrogens with zero attached hydrogens (tertiary/aromatic N) is 4. The highest BCUT2D eigenvalue weighted by atomic mass is 28.3. The molecule has 4 aromatic rings. The molecule has 1 saturated heterocycles. The Kier molecular flexibility index (Phi) is 10.0.